The molecule has 4 rings (SSSR count). The van der Waals surface area contributed by atoms with Gasteiger partial charge >= 0.3 is 6.18 Å². The van der Waals surface area contributed by atoms with Crippen molar-refractivity contribution < 1.29 is 23.4 Å². The first-order valence-corrected chi connectivity index (χ1v) is 13.7. The van der Waals surface area contributed by atoms with E-state index in [1.807, 2.05) is 0 Å². The summed E-state index contributed by atoms with van der Waals surface area (Å²) in [5.74, 6) is 3.39. The molecule has 0 aromatic heterocycles. The summed E-state index contributed by atoms with van der Waals surface area (Å²) in [4.78, 5) is 0. The first-order chi connectivity index (χ1) is 15.2. The first kappa shape index (κ1) is 25.8. The molecule has 0 aliphatic heterocycles. The van der Waals surface area contributed by atoms with E-state index in [0.29, 0.717) is 47.3 Å². The fraction of sp³-hybridized carbons (Fsp3) is 1.00. The molecule has 0 heterocycles. The molecule has 0 saturated heterocycles. The number of hydrogen-bond donors (Lipinski definition) is 2. The van der Waals surface area contributed by atoms with Gasteiger partial charge in [0.05, 0.1) is 6.10 Å². The van der Waals surface area contributed by atoms with Gasteiger partial charge in [-0.05, 0) is 123 Å². The highest BCUT2D eigenvalue weighted by Crippen LogP contribution is 2.69. The van der Waals surface area contributed by atoms with Gasteiger partial charge in [-0.3, -0.25) is 0 Å². The van der Waals surface area contributed by atoms with E-state index in [0.717, 1.165) is 32.1 Å². The molecule has 0 radical (unpaired) electrons. The second kappa shape index (κ2) is 8.68. The molecule has 4 saturated carbocycles. The lowest BCUT2D eigenvalue weighted by molar-refractivity contribution is -0.290. The Kier molecular flexibility index (Phi) is 6.78. The van der Waals surface area contributed by atoms with Gasteiger partial charge in [0.2, 0.25) is 0 Å². The summed E-state index contributed by atoms with van der Waals surface area (Å²) in [6.07, 6.45) is 4.20. The third-order valence-corrected chi connectivity index (χ3v) is 11.7. The standard InChI is InChI=1S/C28H47F3O2/c1-17(2)24(32)11-6-18(3)21-9-10-22-20-8-7-19-16-27(33,28(29,30)31)15-14-25(19,4)23(20)12-13-26(21,22)5/h17-24,32-33H,6-16H2,1-5H3/t18-,19+,20+,21-,22+,23+,24+,25+,26-,27+/m1/s1. The van der Waals surface area contributed by atoms with Gasteiger partial charge in [-0.25, -0.2) is 0 Å². The second-order valence-electron chi connectivity index (χ2n) is 13.5. The van der Waals surface area contributed by atoms with Crippen molar-refractivity contribution in [2.45, 2.75) is 123 Å². The summed E-state index contributed by atoms with van der Waals surface area (Å²) < 4.78 is 40.7. The van der Waals surface area contributed by atoms with E-state index in [1.165, 1.54) is 19.3 Å². The second-order valence-corrected chi connectivity index (χ2v) is 13.5. The van der Waals surface area contributed by atoms with Crippen molar-refractivity contribution in [2.75, 3.05) is 0 Å². The van der Waals surface area contributed by atoms with Crippen LogP contribution in [0.2, 0.25) is 0 Å². The minimum atomic E-state index is -4.52. The van der Waals surface area contributed by atoms with Crippen LogP contribution < -0.4 is 0 Å². The van der Waals surface area contributed by atoms with Crippen molar-refractivity contribution in [1.82, 2.24) is 0 Å². The van der Waals surface area contributed by atoms with E-state index in [-0.39, 0.29) is 30.3 Å². The molecule has 2 nitrogen and oxygen atoms in total. The maximum absolute atomic E-state index is 13.6. The molecule has 4 aliphatic rings. The predicted octanol–water partition coefficient (Wildman–Crippen LogP) is 7.37. The van der Waals surface area contributed by atoms with Crippen LogP contribution in [0.4, 0.5) is 13.2 Å². The lowest BCUT2D eigenvalue weighted by Gasteiger charge is -2.62. The Morgan fingerprint density at radius 1 is 0.848 bits per heavy atom. The largest absolute Gasteiger partial charge is 0.417 e. The Bertz CT molecular complexity index is 708. The van der Waals surface area contributed by atoms with Crippen molar-refractivity contribution in [3.05, 3.63) is 0 Å². The van der Waals surface area contributed by atoms with Crippen LogP contribution in [0.5, 0.6) is 0 Å². The molecule has 4 fully saturated rings. The van der Waals surface area contributed by atoms with Gasteiger partial charge in [-0.2, -0.15) is 13.2 Å². The Hall–Kier alpha value is -0.290. The molecule has 0 bridgehead atoms. The molecule has 5 heteroatoms. The van der Waals surface area contributed by atoms with E-state index in [2.05, 4.69) is 34.6 Å². The van der Waals surface area contributed by atoms with Gasteiger partial charge in [-0.1, -0.05) is 34.6 Å². The Morgan fingerprint density at radius 3 is 2.15 bits per heavy atom. The predicted molar refractivity (Wildman–Crippen MR) is 125 cm³/mol. The number of alkyl halides is 3. The number of aliphatic hydroxyl groups is 2. The summed E-state index contributed by atoms with van der Waals surface area (Å²) in [6, 6.07) is 0. The summed E-state index contributed by atoms with van der Waals surface area (Å²) in [6.45, 7) is 11.3. The minimum absolute atomic E-state index is 0.0166. The third kappa shape index (κ3) is 4.19. The molecule has 0 unspecified atom stereocenters. The number of hydrogen-bond acceptors (Lipinski definition) is 2. The molecule has 4 aliphatic carbocycles. The Balaban J connectivity index is 1.47. The van der Waals surface area contributed by atoms with Crippen LogP contribution in [-0.4, -0.2) is 28.1 Å². The van der Waals surface area contributed by atoms with E-state index >= 15 is 0 Å². The lowest BCUT2D eigenvalue weighted by atomic mass is 9.43. The lowest BCUT2D eigenvalue weighted by Crippen LogP contribution is -2.59. The van der Waals surface area contributed by atoms with Gasteiger partial charge in [0, 0.05) is 0 Å². The van der Waals surface area contributed by atoms with Gasteiger partial charge in [0.25, 0.3) is 0 Å². The van der Waals surface area contributed by atoms with Crippen LogP contribution in [0.1, 0.15) is 105 Å². The smallest absolute Gasteiger partial charge is 0.393 e. The highest BCUT2D eigenvalue weighted by Gasteiger charge is 2.65. The fourth-order valence-electron chi connectivity index (χ4n) is 9.45. The number of rotatable bonds is 5. The summed E-state index contributed by atoms with van der Waals surface area (Å²) in [5.41, 5.74) is -2.22. The van der Waals surface area contributed by atoms with Crippen LogP contribution >= 0.6 is 0 Å². The zero-order chi connectivity index (χ0) is 24.4. The van der Waals surface area contributed by atoms with E-state index in [9.17, 15) is 23.4 Å². The van der Waals surface area contributed by atoms with Crippen molar-refractivity contribution in [1.29, 1.82) is 0 Å². The van der Waals surface area contributed by atoms with E-state index in [1.54, 1.807) is 0 Å². The van der Waals surface area contributed by atoms with Crippen LogP contribution in [0, 0.1) is 52.3 Å². The Labute approximate surface area is 199 Å². The van der Waals surface area contributed by atoms with Crippen molar-refractivity contribution in [3.63, 3.8) is 0 Å². The van der Waals surface area contributed by atoms with Crippen LogP contribution in [-0.2, 0) is 0 Å². The maximum atomic E-state index is 13.6. The Morgan fingerprint density at radius 2 is 1.52 bits per heavy atom. The molecule has 0 aromatic rings. The molecular weight excluding hydrogens is 425 g/mol. The quantitative estimate of drug-likeness (QED) is 0.438. The van der Waals surface area contributed by atoms with Gasteiger partial charge in [-0.15, -0.1) is 0 Å². The monoisotopic (exact) mass is 472 g/mol. The zero-order valence-electron chi connectivity index (χ0n) is 21.4. The van der Waals surface area contributed by atoms with Crippen molar-refractivity contribution in [2.24, 2.45) is 52.3 Å². The fourth-order valence-corrected chi connectivity index (χ4v) is 9.45. The molecule has 192 valence electrons. The minimum Gasteiger partial charge on any atom is -0.393 e. The average molecular weight is 473 g/mol. The number of halogens is 3. The molecule has 0 spiro atoms. The summed E-state index contributed by atoms with van der Waals surface area (Å²) in [5, 5.41) is 20.7. The summed E-state index contributed by atoms with van der Waals surface area (Å²) >= 11 is 0. The SMILES string of the molecule is CC(C)[C@@H](O)CC[C@@H](C)[C@H]1CC[C@H]2[C@@H]3CC[C@H]4C[C@](O)(C(F)(F)F)CC[C@]4(C)[C@H]3CC[C@]12C. The first-order valence-electron chi connectivity index (χ1n) is 13.7. The van der Waals surface area contributed by atoms with Crippen molar-refractivity contribution >= 4 is 0 Å². The normalized spacial score (nSPS) is 47.5. The summed E-state index contributed by atoms with van der Waals surface area (Å²) in [7, 11) is 0. The van der Waals surface area contributed by atoms with Crippen LogP contribution in [0.15, 0.2) is 0 Å². The van der Waals surface area contributed by atoms with E-state index < -0.39 is 11.8 Å². The maximum Gasteiger partial charge on any atom is 0.417 e. The van der Waals surface area contributed by atoms with E-state index in [4.69, 9.17) is 0 Å². The molecular formula is C28H47F3O2. The van der Waals surface area contributed by atoms with Crippen molar-refractivity contribution in [3.8, 4) is 0 Å². The highest BCUT2D eigenvalue weighted by molar-refractivity contribution is 5.11. The van der Waals surface area contributed by atoms with Gasteiger partial charge in [0.1, 0.15) is 0 Å². The van der Waals surface area contributed by atoms with Crippen LogP contribution in [0.25, 0.3) is 0 Å². The molecule has 2 N–H and O–H groups in total. The van der Waals surface area contributed by atoms with Crippen LogP contribution in [0.3, 0.4) is 0 Å². The molecule has 0 aromatic carbocycles. The highest BCUT2D eigenvalue weighted by atomic mass is 19.4. The molecule has 0 amide bonds. The van der Waals surface area contributed by atoms with Gasteiger partial charge in [0.15, 0.2) is 5.60 Å². The third-order valence-electron chi connectivity index (χ3n) is 11.7. The van der Waals surface area contributed by atoms with Gasteiger partial charge < -0.3 is 10.2 Å². The zero-order valence-corrected chi connectivity index (χ0v) is 21.4. The number of fused-ring (bicyclic) bond motifs is 5. The molecule has 10 atom stereocenters. The molecule has 33 heavy (non-hydrogen) atoms. The average Bonchev–Trinajstić information content (AvgIpc) is 3.08. The number of aliphatic hydroxyl groups excluding tert-OH is 1. The topological polar surface area (TPSA) is 40.5 Å².